The highest BCUT2D eigenvalue weighted by atomic mass is 35.5. The number of aryl methyl sites for hydroxylation is 1. The van der Waals surface area contributed by atoms with Gasteiger partial charge in [-0.2, -0.15) is 0 Å². The van der Waals surface area contributed by atoms with E-state index in [1.165, 1.54) is 12.1 Å². The zero-order valence-electron chi connectivity index (χ0n) is 15.4. The second-order valence-electron chi connectivity index (χ2n) is 6.79. The van der Waals surface area contributed by atoms with Crippen LogP contribution in [0, 0.1) is 0 Å². The number of amides is 1. The van der Waals surface area contributed by atoms with Crippen molar-refractivity contribution in [1.82, 2.24) is 4.72 Å². The Kier molecular flexibility index (Phi) is 5.89. The number of hydrogen-bond donors (Lipinski definition) is 1. The van der Waals surface area contributed by atoms with Crippen molar-refractivity contribution < 1.29 is 13.2 Å². The number of rotatable bonds is 5. The van der Waals surface area contributed by atoms with Gasteiger partial charge in [0.1, 0.15) is 0 Å². The highest BCUT2D eigenvalue weighted by Gasteiger charge is 2.24. The topological polar surface area (TPSA) is 66.5 Å². The highest BCUT2D eigenvalue weighted by Crippen LogP contribution is 2.30. The summed E-state index contributed by atoms with van der Waals surface area (Å²) < 4.78 is 27.3. The van der Waals surface area contributed by atoms with Crippen LogP contribution >= 0.6 is 11.6 Å². The molecule has 2 aromatic carbocycles. The van der Waals surface area contributed by atoms with E-state index in [1.807, 2.05) is 26.0 Å². The standard InChI is InChI=1S/C20H23ClN2O3S/c1-3-14(2)22-27(25,26)18-9-6-15(7-10-18)20(24)23-12-4-5-16-13-17(21)8-11-19(16)23/h6-11,13-14,22H,3-5,12H2,1-2H3. The molecule has 0 saturated heterocycles. The minimum Gasteiger partial charge on any atom is -0.308 e. The van der Waals surface area contributed by atoms with Gasteiger partial charge in [-0.3, -0.25) is 4.79 Å². The number of fused-ring (bicyclic) bond motifs is 1. The smallest absolute Gasteiger partial charge is 0.258 e. The van der Waals surface area contributed by atoms with Gasteiger partial charge in [0.05, 0.1) is 4.90 Å². The van der Waals surface area contributed by atoms with Crippen molar-refractivity contribution in [2.45, 2.75) is 44.0 Å². The molecule has 1 N–H and O–H groups in total. The summed E-state index contributed by atoms with van der Waals surface area (Å²) in [6, 6.07) is 11.5. The number of carbonyl (C=O) groups is 1. The lowest BCUT2D eigenvalue weighted by Crippen LogP contribution is -2.35. The lowest BCUT2D eigenvalue weighted by Gasteiger charge is -2.29. The van der Waals surface area contributed by atoms with E-state index >= 15 is 0 Å². The summed E-state index contributed by atoms with van der Waals surface area (Å²) >= 11 is 6.06. The summed E-state index contributed by atoms with van der Waals surface area (Å²) in [6.45, 7) is 4.36. The SMILES string of the molecule is CCC(C)NS(=O)(=O)c1ccc(C(=O)N2CCCc3cc(Cl)ccc32)cc1. The number of carbonyl (C=O) groups excluding carboxylic acids is 1. The Labute approximate surface area is 165 Å². The molecule has 1 atom stereocenters. The molecule has 0 aromatic heterocycles. The maximum absolute atomic E-state index is 13.0. The molecule has 1 aliphatic rings. The summed E-state index contributed by atoms with van der Waals surface area (Å²) in [7, 11) is -3.58. The Hall–Kier alpha value is -1.89. The number of nitrogens with zero attached hydrogens (tertiary/aromatic N) is 1. The average molecular weight is 407 g/mol. The molecule has 1 heterocycles. The van der Waals surface area contributed by atoms with E-state index in [9.17, 15) is 13.2 Å². The molecule has 2 aromatic rings. The van der Waals surface area contributed by atoms with E-state index in [2.05, 4.69) is 4.72 Å². The van der Waals surface area contributed by atoms with Crippen LogP contribution < -0.4 is 9.62 Å². The van der Waals surface area contributed by atoms with E-state index in [0.29, 0.717) is 23.6 Å². The van der Waals surface area contributed by atoms with Crippen molar-refractivity contribution in [1.29, 1.82) is 0 Å². The molecule has 0 bridgehead atoms. The van der Waals surface area contributed by atoms with Crippen LogP contribution in [0.15, 0.2) is 47.4 Å². The lowest BCUT2D eigenvalue weighted by atomic mass is 10.0. The molecule has 0 fully saturated rings. The first-order valence-electron chi connectivity index (χ1n) is 9.04. The number of sulfonamides is 1. The van der Waals surface area contributed by atoms with Crippen LogP contribution in [0.5, 0.6) is 0 Å². The second kappa shape index (κ2) is 8.00. The third-order valence-electron chi connectivity index (χ3n) is 4.79. The fourth-order valence-electron chi connectivity index (χ4n) is 3.13. The Morgan fingerprint density at radius 3 is 2.59 bits per heavy atom. The third kappa shape index (κ3) is 4.34. The van der Waals surface area contributed by atoms with Crippen molar-refractivity contribution in [2.75, 3.05) is 11.4 Å². The van der Waals surface area contributed by atoms with Gasteiger partial charge in [0, 0.05) is 28.9 Å². The van der Waals surface area contributed by atoms with Crippen LogP contribution in [-0.4, -0.2) is 26.9 Å². The maximum Gasteiger partial charge on any atom is 0.258 e. The molecule has 144 valence electrons. The number of halogens is 1. The molecule has 0 radical (unpaired) electrons. The van der Waals surface area contributed by atoms with Crippen molar-refractivity contribution in [2.24, 2.45) is 0 Å². The Balaban J connectivity index is 1.83. The molecule has 1 aliphatic heterocycles. The summed E-state index contributed by atoms with van der Waals surface area (Å²) in [5.74, 6) is -0.142. The molecule has 3 rings (SSSR count). The summed E-state index contributed by atoms with van der Waals surface area (Å²) in [6.07, 6.45) is 2.46. The normalized spacial score (nSPS) is 15.3. The van der Waals surface area contributed by atoms with Gasteiger partial charge in [0.15, 0.2) is 0 Å². The number of benzene rings is 2. The van der Waals surface area contributed by atoms with Gasteiger partial charge >= 0.3 is 0 Å². The molecular weight excluding hydrogens is 384 g/mol. The molecule has 7 heteroatoms. The monoisotopic (exact) mass is 406 g/mol. The first-order valence-corrected chi connectivity index (χ1v) is 10.9. The van der Waals surface area contributed by atoms with Gasteiger partial charge in [-0.05, 0) is 74.2 Å². The minimum atomic E-state index is -3.58. The molecule has 0 saturated carbocycles. The van der Waals surface area contributed by atoms with Crippen molar-refractivity contribution >= 4 is 33.2 Å². The minimum absolute atomic E-state index is 0.142. The van der Waals surface area contributed by atoms with Gasteiger partial charge < -0.3 is 4.90 Å². The van der Waals surface area contributed by atoms with Gasteiger partial charge in [-0.15, -0.1) is 0 Å². The average Bonchev–Trinajstić information content (AvgIpc) is 2.66. The quantitative estimate of drug-likeness (QED) is 0.815. The zero-order chi connectivity index (χ0) is 19.6. The maximum atomic E-state index is 13.0. The number of hydrogen-bond acceptors (Lipinski definition) is 3. The molecule has 5 nitrogen and oxygen atoms in total. The Morgan fingerprint density at radius 2 is 1.93 bits per heavy atom. The summed E-state index contributed by atoms with van der Waals surface area (Å²) in [5, 5.41) is 0.659. The largest absolute Gasteiger partial charge is 0.308 e. The molecule has 1 amide bonds. The van der Waals surface area contributed by atoms with Gasteiger partial charge in [-0.25, -0.2) is 13.1 Å². The van der Waals surface area contributed by atoms with E-state index in [4.69, 9.17) is 11.6 Å². The van der Waals surface area contributed by atoms with Crippen LogP contribution in [0.2, 0.25) is 5.02 Å². The fourth-order valence-corrected chi connectivity index (χ4v) is 4.65. The van der Waals surface area contributed by atoms with E-state index in [0.717, 1.165) is 24.1 Å². The van der Waals surface area contributed by atoms with Crippen molar-refractivity contribution in [3.63, 3.8) is 0 Å². The summed E-state index contributed by atoms with van der Waals surface area (Å²) in [4.78, 5) is 14.9. The third-order valence-corrected chi connectivity index (χ3v) is 6.63. The van der Waals surface area contributed by atoms with Crippen LogP contribution in [0.4, 0.5) is 5.69 Å². The highest BCUT2D eigenvalue weighted by molar-refractivity contribution is 7.89. The fraction of sp³-hybridized carbons (Fsp3) is 0.350. The van der Waals surface area contributed by atoms with Crippen LogP contribution in [0.3, 0.4) is 0 Å². The summed E-state index contributed by atoms with van der Waals surface area (Å²) in [5.41, 5.74) is 2.38. The van der Waals surface area contributed by atoms with Crippen molar-refractivity contribution in [3.05, 3.63) is 58.6 Å². The molecular formula is C20H23ClN2O3S. The lowest BCUT2D eigenvalue weighted by molar-refractivity contribution is 0.0985. The van der Waals surface area contributed by atoms with Crippen LogP contribution in [-0.2, 0) is 16.4 Å². The van der Waals surface area contributed by atoms with E-state index in [1.54, 1.807) is 23.1 Å². The molecule has 0 aliphatic carbocycles. The number of nitrogens with one attached hydrogen (secondary N) is 1. The van der Waals surface area contributed by atoms with Gasteiger partial charge in [0.25, 0.3) is 5.91 Å². The molecule has 0 spiro atoms. The molecule has 1 unspecified atom stereocenters. The van der Waals surface area contributed by atoms with Crippen LogP contribution in [0.1, 0.15) is 42.6 Å². The Morgan fingerprint density at radius 1 is 1.22 bits per heavy atom. The predicted octanol–water partition coefficient (Wildman–Crippen LogP) is 4.01. The number of anilines is 1. The van der Waals surface area contributed by atoms with Gasteiger partial charge in [0.2, 0.25) is 10.0 Å². The zero-order valence-corrected chi connectivity index (χ0v) is 17.0. The van der Waals surface area contributed by atoms with E-state index in [-0.39, 0.29) is 16.8 Å². The van der Waals surface area contributed by atoms with Crippen LogP contribution in [0.25, 0.3) is 0 Å². The van der Waals surface area contributed by atoms with E-state index < -0.39 is 10.0 Å². The predicted molar refractivity (Wildman–Crippen MR) is 108 cm³/mol. The molecule has 27 heavy (non-hydrogen) atoms. The second-order valence-corrected chi connectivity index (χ2v) is 8.94. The van der Waals surface area contributed by atoms with Crippen molar-refractivity contribution in [3.8, 4) is 0 Å². The Bertz CT molecular complexity index is 942. The first-order chi connectivity index (χ1) is 12.8. The van der Waals surface area contributed by atoms with Gasteiger partial charge in [-0.1, -0.05) is 18.5 Å². The first kappa shape index (κ1) is 19.9.